The number of hydrogen-bond acceptors (Lipinski definition) is 3. The van der Waals surface area contributed by atoms with Crippen molar-refractivity contribution in [1.29, 1.82) is 0 Å². The Bertz CT molecular complexity index is 186. The van der Waals surface area contributed by atoms with Gasteiger partial charge in [0.25, 0.3) is 0 Å². The fourth-order valence-electron chi connectivity index (χ4n) is 1.76. The first-order valence-corrected chi connectivity index (χ1v) is 7.26. The normalized spacial score (nSPS) is 10.6. The maximum Gasteiger partial charge on any atom is 0.220 e. The molecule has 18 heavy (non-hydrogen) atoms. The van der Waals surface area contributed by atoms with Crippen molar-refractivity contribution >= 4 is 5.91 Å². The Hall–Kier alpha value is -0.610. The number of hydrogen-bond donors (Lipinski definition) is 2. The molecule has 0 atom stereocenters. The lowest BCUT2D eigenvalue weighted by atomic mass is 10.1. The second kappa shape index (κ2) is 14.5. The number of unbranched alkanes of at least 4 members (excludes halogenated alkanes) is 6. The minimum atomic E-state index is 0.0337. The van der Waals surface area contributed by atoms with Crippen LogP contribution in [0.15, 0.2) is 0 Å². The summed E-state index contributed by atoms with van der Waals surface area (Å²) in [5, 5.41) is 11.3. The number of carbonyl (C=O) groups is 1. The third kappa shape index (κ3) is 13.5. The van der Waals surface area contributed by atoms with Gasteiger partial charge in [0.1, 0.15) is 0 Å². The largest absolute Gasteiger partial charge is 0.394 e. The highest BCUT2D eigenvalue weighted by Crippen LogP contribution is 2.08. The number of ether oxygens (including phenoxy) is 1. The van der Waals surface area contributed by atoms with E-state index in [-0.39, 0.29) is 12.5 Å². The van der Waals surface area contributed by atoms with Crippen molar-refractivity contribution in [3.05, 3.63) is 0 Å². The van der Waals surface area contributed by atoms with Crippen LogP contribution in [-0.2, 0) is 9.53 Å². The number of amides is 1. The maximum atomic E-state index is 11.4. The van der Waals surface area contributed by atoms with Gasteiger partial charge < -0.3 is 15.2 Å². The SMILES string of the molecule is CCCCCCCCCC(=O)NCCOCCO. The van der Waals surface area contributed by atoms with Crippen molar-refractivity contribution in [2.24, 2.45) is 0 Å². The predicted molar refractivity (Wildman–Crippen MR) is 73.5 cm³/mol. The minimum absolute atomic E-state index is 0.0337. The van der Waals surface area contributed by atoms with Gasteiger partial charge in [0, 0.05) is 13.0 Å². The number of aliphatic hydroxyl groups excluding tert-OH is 1. The van der Waals surface area contributed by atoms with Gasteiger partial charge in [-0.15, -0.1) is 0 Å². The standard InChI is InChI=1S/C14H29NO3/c1-2-3-4-5-6-7-8-9-14(17)15-10-12-18-13-11-16/h16H,2-13H2,1H3,(H,15,17). The van der Waals surface area contributed by atoms with Crippen molar-refractivity contribution in [2.45, 2.75) is 58.3 Å². The molecule has 0 aliphatic carbocycles. The van der Waals surface area contributed by atoms with Crippen LogP contribution in [0.5, 0.6) is 0 Å². The zero-order valence-corrected chi connectivity index (χ0v) is 11.7. The molecule has 4 nitrogen and oxygen atoms in total. The Morgan fingerprint density at radius 2 is 1.72 bits per heavy atom. The lowest BCUT2D eigenvalue weighted by Crippen LogP contribution is -2.27. The van der Waals surface area contributed by atoms with E-state index in [0.717, 1.165) is 12.8 Å². The van der Waals surface area contributed by atoms with Crippen molar-refractivity contribution in [3.8, 4) is 0 Å². The average Bonchev–Trinajstić information content (AvgIpc) is 2.37. The topological polar surface area (TPSA) is 58.6 Å². The lowest BCUT2D eigenvalue weighted by molar-refractivity contribution is -0.121. The Balaban J connectivity index is 3.12. The Morgan fingerprint density at radius 1 is 1.06 bits per heavy atom. The molecular weight excluding hydrogens is 230 g/mol. The van der Waals surface area contributed by atoms with Crippen LogP contribution >= 0.6 is 0 Å². The monoisotopic (exact) mass is 259 g/mol. The molecule has 0 aromatic heterocycles. The van der Waals surface area contributed by atoms with E-state index in [1.807, 2.05) is 0 Å². The second-order valence-electron chi connectivity index (χ2n) is 4.56. The number of carbonyl (C=O) groups excluding carboxylic acids is 1. The van der Waals surface area contributed by atoms with Crippen molar-refractivity contribution in [3.63, 3.8) is 0 Å². The molecule has 0 heterocycles. The molecule has 0 saturated carbocycles. The highest BCUT2D eigenvalue weighted by atomic mass is 16.5. The van der Waals surface area contributed by atoms with E-state index in [1.165, 1.54) is 32.1 Å². The first-order chi connectivity index (χ1) is 8.81. The van der Waals surface area contributed by atoms with Gasteiger partial charge >= 0.3 is 0 Å². The maximum absolute atomic E-state index is 11.4. The first-order valence-electron chi connectivity index (χ1n) is 7.26. The third-order valence-corrected chi connectivity index (χ3v) is 2.81. The smallest absolute Gasteiger partial charge is 0.220 e. The molecular formula is C14H29NO3. The van der Waals surface area contributed by atoms with Gasteiger partial charge in [-0.05, 0) is 6.42 Å². The van der Waals surface area contributed by atoms with Crippen molar-refractivity contribution in [2.75, 3.05) is 26.4 Å². The molecule has 0 aliphatic rings. The highest BCUT2D eigenvalue weighted by molar-refractivity contribution is 5.75. The molecule has 1 amide bonds. The van der Waals surface area contributed by atoms with Gasteiger partial charge in [-0.3, -0.25) is 4.79 Å². The molecule has 0 aliphatic heterocycles. The molecule has 0 bridgehead atoms. The average molecular weight is 259 g/mol. The zero-order valence-electron chi connectivity index (χ0n) is 11.7. The van der Waals surface area contributed by atoms with E-state index in [4.69, 9.17) is 9.84 Å². The number of aliphatic hydroxyl groups is 1. The van der Waals surface area contributed by atoms with Gasteiger partial charge in [-0.25, -0.2) is 0 Å². The lowest BCUT2D eigenvalue weighted by Gasteiger charge is -2.05. The highest BCUT2D eigenvalue weighted by Gasteiger charge is 2.00. The molecule has 0 rings (SSSR count). The van der Waals surface area contributed by atoms with Crippen LogP contribution < -0.4 is 5.32 Å². The summed E-state index contributed by atoms with van der Waals surface area (Å²) < 4.78 is 5.05. The fraction of sp³-hybridized carbons (Fsp3) is 0.929. The summed E-state index contributed by atoms with van der Waals surface area (Å²) >= 11 is 0. The van der Waals surface area contributed by atoms with E-state index >= 15 is 0 Å². The van der Waals surface area contributed by atoms with E-state index in [2.05, 4.69) is 12.2 Å². The van der Waals surface area contributed by atoms with Gasteiger partial charge in [0.15, 0.2) is 0 Å². The molecule has 108 valence electrons. The first kappa shape index (κ1) is 17.4. The van der Waals surface area contributed by atoms with E-state index in [0.29, 0.717) is 26.2 Å². The molecule has 0 aromatic rings. The zero-order chi connectivity index (χ0) is 13.5. The second-order valence-corrected chi connectivity index (χ2v) is 4.56. The molecule has 2 N–H and O–H groups in total. The summed E-state index contributed by atoms with van der Waals surface area (Å²) in [5.41, 5.74) is 0. The van der Waals surface area contributed by atoms with Crippen LogP contribution in [0.3, 0.4) is 0 Å². The molecule has 0 radical (unpaired) electrons. The van der Waals surface area contributed by atoms with Crippen molar-refractivity contribution < 1.29 is 14.6 Å². The van der Waals surface area contributed by atoms with Gasteiger partial charge in [-0.1, -0.05) is 45.4 Å². The Morgan fingerprint density at radius 3 is 2.39 bits per heavy atom. The van der Waals surface area contributed by atoms with Crippen molar-refractivity contribution in [1.82, 2.24) is 5.32 Å². The fourth-order valence-corrected chi connectivity index (χ4v) is 1.76. The van der Waals surface area contributed by atoms with Crippen LogP contribution in [0.25, 0.3) is 0 Å². The van der Waals surface area contributed by atoms with Crippen LogP contribution in [-0.4, -0.2) is 37.4 Å². The number of nitrogens with one attached hydrogen (secondary N) is 1. The van der Waals surface area contributed by atoms with Gasteiger partial charge in [0.2, 0.25) is 5.91 Å². The minimum Gasteiger partial charge on any atom is -0.394 e. The van der Waals surface area contributed by atoms with E-state index in [9.17, 15) is 4.79 Å². The van der Waals surface area contributed by atoms with Crippen LogP contribution in [0.1, 0.15) is 58.3 Å². The van der Waals surface area contributed by atoms with E-state index in [1.54, 1.807) is 0 Å². The summed E-state index contributed by atoms with van der Waals surface area (Å²) in [7, 11) is 0. The summed E-state index contributed by atoms with van der Waals surface area (Å²) in [4.78, 5) is 11.4. The van der Waals surface area contributed by atoms with Gasteiger partial charge in [-0.2, -0.15) is 0 Å². The van der Waals surface area contributed by atoms with Crippen LogP contribution in [0, 0.1) is 0 Å². The van der Waals surface area contributed by atoms with Gasteiger partial charge in [0.05, 0.1) is 19.8 Å². The Kier molecular flexibility index (Phi) is 14.0. The third-order valence-electron chi connectivity index (χ3n) is 2.81. The van der Waals surface area contributed by atoms with Crippen LogP contribution in [0.4, 0.5) is 0 Å². The summed E-state index contributed by atoms with van der Waals surface area (Å²) in [5.74, 6) is 0.108. The summed E-state index contributed by atoms with van der Waals surface area (Å²) in [6, 6.07) is 0. The predicted octanol–water partition coefficient (Wildman–Crippen LogP) is 2.25. The number of rotatable bonds is 13. The molecule has 0 saturated heterocycles. The molecule has 0 unspecified atom stereocenters. The van der Waals surface area contributed by atoms with Crippen LogP contribution in [0.2, 0.25) is 0 Å². The molecule has 4 heteroatoms. The summed E-state index contributed by atoms with van der Waals surface area (Å²) in [6.07, 6.45) is 9.22. The van der Waals surface area contributed by atoms with E-state index < -0.39 is 0 Å². The molecule has 0 fully saturated rings. The summed E-state index contributed by atoms with van der Waals surface area (Å²) in [6.45, 7) is 3.60. The Labute approximate surface area is 111 Å². The quantitative estimate of drug-likeness (QED) is 0.499. The molecule has 0 spiro atoms. The molecule has 0 aromatic carbocycles.